The summed E-state index contributed by atoms with van der Waals surface area (Å²) in [5, 5.41) is 3.05. The van der Waals surface area contributed by atoms with E-state index in [0.29, 0.717) is 18.5 Å². The van der Waals surface area contributed by atoms with Gasteiger partial charge in [-0.05, 0) is 19.3 Å². The average molecular weight is 268 g/mol. The monoisotopic (exact) mass is 268 g/mol. The van der Waals surface area contributed by atoms with E-state index in [0.717, 1.165) is 19.3 Å². The van der Waals surface area contributed by atoms with Gasteiger partial charge < -0.3 is 11.1 Å². The van der Waals surface area contributed by atoms with Crippen LogP contribution in [-0.2, 0) is 4.79 Å². The first-order chi connectivity index (χ1) is 9.22. The Bertz CT molecular complexity index is 237. The van der Waals surface area contributed by atoms with E-state index in [1.807, 2.05) is 0 Å². The van der Waals surface area contributed by atoms with Crippen molar-refractivity contribution < 1.29 is 4.79 Å². The molecule has 1 aliphatic carbocycles. The van der Waals surface area contributed by atoms with E-state index >= 15 is 0 Å². The summed E-state index contributed by atoms with van der Waals surface area (Å²) in [5.74, 6) is 0.222. The van der Waals surface area contributed by atoms with Crippen LogP contribution in [0.25, 0.3) is 0 Å². The van der Waals surface area contributed by atoms with Crippen molar-refractivity contribution in [1.82, 2.24) is 5.32 Å². The molecule has 0 aromatic heterocycles. The van der Waals surface area contributed by atoms with Gasteiger partial charge in [0.2, 0.25) is 5.91 Å². The van der Waals surface area contributed by atoms with Crippen LogP contribution in [-0.4, -0.2) is 18.0 Å². The first kappa shape index (κ1) is 16.5. The minimum Gasteiger partial charge on any atom is -0.353 e. The lowest BCUT2D eigenvalue weighted by molar-refractivity contribution is -0.122. The third kappa shape index (κ3) is 8.25. The highest BCUT2D eigenvalue weighted by atomic mass is 16.1. The molecule has 3 N–H and O–H groups in total. The average Bonchev–Trinajstić information content (AvgIpc) is 2.35. The van der Waals surface area contributed by atoms with E-state index in [2.05, 4.69) is 12.2 Å². The van der Waals surface area contributed by atoms with Crippen LogP contribution in [0.3, 0.4) is 0 Å². The fraction of sp³-hybridized carbons (Fsp3) is 0.938. The number of carbonyl (C=O) groups is 1. The summed E-state index contributed by atoms with van der Waals surface area (Å²) in [6.45, 7) is 2.25. The van der Waals surface area contributed by atoms with Crippen LogP contribution in [0.15, 0.2) is 0 Å². The molecule has 19 heavy (non-hydrogen) atoms. The SMILES string of the molecule is CCCCCCCCCCCC(=O)NC1CC(N)C1. The maximum absolute atomic E-state index is 11.6. The molecule has 0 aromatic rings. The first-order valence-electron chi connectivity index (χ1n) is 8.27. The summed E-state index contributed by atoms with van der Waals surface area (Å²) >= 11 is 0. The molecule has 0 aliphatic heterocycles. The lowest BCUT2D eigenvalue weighted by Gasteiger charge is -2.32. The van der Waals surface area contributed by atoms with Crippen molar-refractivity contribution in [2.75, 3.05) is 0 Å². The van der Waals surface area contributed by atoms with E-state index in [9.17, 15) is 4.79 Å². The summed E-state index contributed by atoms with van der Waals surface area (Å²) < 4.78 is 0. The van der Waals surface area contributed by atoms with E-state index in [-0.39, 0.29) is 5.91 Å². The number of nitrogens with two attached hydrogens (primary N) is 1. The minimum absolute atomic E-state index is 0.222. The van der Waals surface area contributed by atoms with Crippen molar-refractivity contribution in [2.45, 2.75) is 96.1 Å². The second kappa shape index (κ2) is 10.2. The van der Waals surface area contributed by atoms with Gasteiger partial charge >= 0.3 is 0 Å². The Morgan fingerprint density at radius 2 is 1.53 bits per heavy atom. The van der Waals surface area contributed by atoms with Gasteiger partial charge in [0, 0.05) is 18.5 Å². The first-order valence-corrected chi connectivity index (χ1v) is 8.27. The molecule has 0 saturated heterocycles. The Kier molecular flexibility index (Phi) is 8.89. The van der Waals surface area contributed by atoms with E-state index < -0.39 is 0 Å². The molecule has 0 bridgehead atoms. The smallest absolute Gasteiger partial charge is 0.220 e. The van der Waals surface area contributed by atoms with Crippen molar-refractivity contribution in [3.05, 3.63) is 0 Å². The fourth-order valence-electron chi connectivity index (χ4n) is 2.68. The lowest BCUT2D eigenvalue weighted by Crippen LogP contribution is -2.50. The second-order valence-electron chi connectivity index (χ2n) is 6.07. The van der Waals surface area contributed by atoms with E-state index in [1.54, 1.807) is 0 Å². The molecule has 0 atom stereocenters. The molecular formula is C16H32N2O. The van der Waals surface area contributed by atoms with Crippen LogP contribution in [0, 0.1) is 0 Å². The zero-order chi connectivity index (χ0) is 13.9. The van der Waals surface area contributed by atoms with Gasteiger partial charge in [0.25, 0.3) is 0 Å². The Balaban J connectivity index is 1.79. The van der Waals surface area contributed by atoms with E-state index in [1.165, 1.54) is 51.4 Å². The molecule has 0 radical (unpaired) electrons. The van der Waals surface area contributed by atoms with Crippen LogP contribution < -0.4 is 11.1 Å². The Hall–Kier alpha value is -0.570. The predicted octanol–water partition coefficient (Wildman–Crippen LogP) is 3.51. The Morgan fingerprint density at radius 3 is 2.05 bits per heavy atom. The van der Waals surface area contributed by atoms with Gasteiger partial charge in [-0.15, -0.1) is 0 Å². The van der Waals surface area contributed by atoms with Crippen LogP contribution in [0.2, 0.25) is 0 Å². The van der Waals surface area contributed by atoms with Gasteiger partial charge in [-0.2, -0.15) is 0 Å². The number of nitrogens with one attached hydrogen (secondary N) is 1. The molecule has 3 nitrogen and oxygen atoms in total. The van der Waals surface area contributed by atoms with Crippen molar-refractivity contribution in [3.8, 4) is 0 Å². The Labute approximate surface area is 118 Å². The summed E-state index contributed by atoms with van der Waals surface area (Å²) in [5.41, 5.74) is 5.69. The topological polar surface area (TPSA) is 55.1 Å². The highest BCUT2D eigenvalue weighted by Crippen LogP contribution is 2.17. The zero-order valence-corrected chi connectivity index (χ0v) is 12.6. The van der Waals surface area contributed by atoms with Gasteiger partial charge in [0.05, 0.1) is 0 Å². The maximum Gasteiger partial charge on any atom is 0.220 e. The number of rotatable bonds is 11. The molecule has 1 saturated carbocycles. The second-order valence-corrected chi connectivity index (χ2v) is 6.07. The maximum atomic E-state index is 11.6. The van der Waals surface area contributed by atoms with Crippen molar-refractivity contribution in [2.24, 2.45) is 5.73 Å². The molecule has 1 aliphatic rings. The third-order valence-electron chi connectivity index (χ3n) is 4.05. The number of carbonyl (C=O) groups excluding carboxylic acids is 1. The van der Waals surface area contributed by atoms with Gasteiger partial charge in [-0.1, -0.05) is 58.3 Å². The van der Waals surface area contributed by atoms with Crippen LogP contribution >= 0.6 is 0 Å². The minimum atomic E-state index is 0.222. The molecule has 0 heterocycles. The third-order valence-corrected chi connectivity index (χ3v) is 4.05. The van der Waals surface area contributed by atoms with Gasteiger partial charge in [0.1, 0.15) is 0 Å². The van der Waals surface area contributed by atoms with Gasteiger partial charge in [-0.3, -0.25) is 4.79 Å². The predicted molar refractivity (Wildman–Crippen MR) is 81.0 cm³/mol. The summed E-state index contributed by atoms with van der Waals surface area (Å²) in [6.07, 6.45) is 14.3. The lowest BCUT2D eigenvalue weighted by atomic mass is 9.87. The Morgan fingerprint density at radius 1 is 1.00 bits per heavy atom. The molecule has 0 aromatic carbocycles. The molecular weight excluding hydrogens is 236 g/mol. The van der Waals surface area contributed by atoms with Gasteiger partial charge in [0.15, 0.2) is 0 Å². The molecule has 1 amide bonds. The zero-order valence-electron chi connectivity index (χ0n) is 12.6. The molecule has 1 rings (SSSR count). The van der Waals surface area contributed by atoms with Crippen molar-refractivity contribution in [3.63, 3.8) is 0 Å². The quantitative estimate of drug-likeness (QED) is 0.563. The number of hydrogen-bond donors (Lipinski definition) is 2. The highest BCUT2D eigenvalue weighted by molar-refractivity contribution is 5.76. The number of hydrogen-bond acceptors (Lipinski definition) is 2. The fourth-order valence-corrected chi connectivity index (χ4v) is 2.68. The van der Waals surface area contributed by atoms with Crippen LogP contribution in [0.1, 0.15) is 84.0 Å². The van der Waals surface area contributed by atoms with Crippen LogP contribution in [0.5, 0.6) is 0 Å². The number of amides is 1. The highest BCUT2D eigenvalue weighted by Gasteiger charge is 2.26. The van der Waals surface area contributed by atoms with Gasteiger partial charge in [-0.25, -0.2) is 0 Å². The summed E-state index contributed by atoms with van der Waals surface area (Å²) in [6, 6.07) is 0.680. The van der Waals surface area contributed by atoms with Crippen molar-refractivity contribution >= 4 is 5.91 Å². The number of unbranched alkanes of at least 4 members (excludes halogenated alkanes) is 8. The van der Waals surface area contributed by atoms with Crippen LogP contribution in [0.4, 0.5) is 0 Å². The normalized spacial score (nSPS) is 22.0. The molecule has 112 valence electrons. The summed E-state index contributed by atoms with van der Waals surface area (Å²) in [4.78, 5) is 11.6. The van der Waals surface area contributed by atoms with E-state index in [4.69, 9.17) is 5.73 Å². The summed E-state index contributed by atoms with van der Waals surface area (Å²) in [7, 11) is 0. The molecule has 1 fully saturated rings. The molecule has 0 unspecified atom stereocenters. The molecule has 3 heteroatoms. The largest absolute Gasteiger partial charge is 0.353 e. The molecule has 0 spiro atoms. The standard InChI is InChI=1S/C16H32N2O/c1-2-3-4-5-6-7-8-9-10-11-16(19)18-15-12-14(17)13-15/h14-15H,2-13,17H2,1H3,(H,18,19). The van der Waals surface area contributed by atoms with Crippen molar-refractivity contribution in [1.29, 1.82) is 0 Å².